The summed E-state index contributed by atoms with van der Waals surface area (Å²) in [6, 6.07) is 16.5. The number of aryl methyl sites for hydroxylation is 1. The van der Waals surface area contributed by atoms with Gasteiger partial charge in [-0.3, -0.25) is 9.59 Å². The van der Waals surface area contributed by atoms with Gasteiger partial charge in [0.1, 0.15) is 12.6 Å². The van der Waals surface area contributed by atoms with E-state index in [0.29, 0.717) is 25.8 Å². The second-order valence-corrected chi connectivity index (χ2v) is 7.51. The Morgan fingerprint density at radius 2 is 1.71 bits per heavy atom. The maximum absolute atomic E-state index is 12.2. The van der Waals surface area contributed by atoms with Crippen molar-refractivity contribution in [2.45, 2.75) is 51.7 Å². The van der Waals surface area contributed by atoms with Gasteiger partial charge < -0.3 is 21.1 Å². The van der Waals surface area contributed by atoms with Crippen molar-refractivity contribution in [3.05, 3.63) is 71.3 Å². The van der Waals surface area contributed by atoms with E-state index >= 15 is 0 Å². The fraction of sp³-hybridized carbons (Fsp3) is 0.375. The molecule has 31 heavy (non-hydrogen) atoms. The third-order valence-electron chi connectivity index (χ3n) is 4.76. The van der Waals surface area contributed by atoms with Crippen LogP contribution in [0.1, 0.15) is 42.4 Å². The molecule has 0 aliphatic heterocycles. The first-order valence-corrected chi connectivity index (χ1v) is 10.5. The Kier molecular flexibility index (Phi) is 10.1. The molecule has 0 radical (unpaired) electrons. The van der Waals surface area contributed by atoms with Gasteiger partial charge >= 0.3 is 6.09 Å². The highest BCUT2D eigenvalue weighted by Gasteiger charge is 2.18. The Labute approximate surface area is 183 Å². The molecule has 7 nitrogen and oxygen atoms in total. The molecule has 1 atom stereocenters. The number of alkyl carbamates (subject to hydrolysis) is 1. The molecular weight excluding hydrogens is 394 g/mol. The summed E-state index contributed by atoms with van der Waals surface area (Å²) >= 11 is 0. The number of nitrogens with one attached hydrogen (secondary N) is 2. The van der Waals surface area contributed by atoms with Gasteiger partial charge in [0.05, 0.1) is 0 Å². The highest BCUT2D eigenvalue weighted by molar-refractivity contribution is 5.86. The quantitative estimate of drug-likeness (QED) is 0.454. The average molecular weight is 426 g/mol. The van der Waals surface area contributed by atoms with Crippen molar-refractivity contribution in [2.75, 3.05) is 6.54 Å². The number of amides is 3. The maximum Gasteiger partial charge on any atom is 0.407 e. The van der Waals surface area contributed by atoms with Gasteiger partial charge in [0.25, 0.3) is 0 Å². The van der Waals surface area contributed by atoms with Crippen LogP contribution in [0.2, 0.25) is 0 Å². The molecule has 0 unspecified atom stereocenters. The van der Waals surface area contributed by atoms with Crippen LogP contribution in [0.25, 0.3) is 0 Å². The lowest BCUT2D eigenvalue weighted by Gasteiger charge is -2.16. The minimum Gasteiger partial charge on any atom is -0.445 e. The Bertz CT molecular complexity index is 855. The smallest absolute Gasteiger partial charge is 0.407 e. The third kappa shape index (κ3) is 9.80. The van der Waals surface area contributed by atoms with Crippen LogP contribution in [-0.2, 0) is 27.4 Å². The lowest BCUT2D eigenvalue weighted by Crippen LogP contribution is -2.45. The van der Waals surface area contributed by atoms with Gasteiger partial charge in [-0.1, -0.05) is 66.6 Å². The van der Waals surface area contributed by atoms with Crippen LogP contribution in [0.4, 0.5) is 4.79 Å². The SMILES string of the molecule is Cc1cccc(C[C@@H](NC(=O)CCCCCNC(=O)OCc2ccccc2)C(N)=O)c1. The van der Waals surface area contributed by atoms with E-state index < -0.39 is 18.0 Å². The molecule has 0 saturated carbocycles. The van der Waals surface area contributed by atoms with Crippen molar-refractivity contribution in [2.24, 2.45) is 5.73 Å². The summed E-state index contributed by atoms with van der Waals surface area (Å²) < 4.78 is 5.14. The molecule has 7 heteroatoms. The molecule has 0 spiro atoms. The molecular formula is C24H31N3O4. The summed E-state index contributed by atoms with van der Waals surface area (Å²) in [5, 5.41) is 5.42. The number of carbonyl (C=O) groups excluding carboxylic acids is 3. The van der Waals surface area contributed by atoms with Crippen molar-refractivity contribution in [3.63, 3.8) is 0 Å². The minimum atomic E-state index is -0.727. The second kappa shape index (κ2) is 13.1. The number of hydrogen-bond donors (Lipinski definition) is 3. The molecule has 0 aliphatic carbocycles. The third-order valence-corrected chi connectivity index (χ3v) is 4.76. The van der Waals surface area contributed by atoms with Crippen LogP contribution >= 0.6 is 0 Å². The van der Waals surface area contributed by atoms with Crippen molar-refractivity contribution in [1.29, 1.82) is 0 Å². The summed E-state index contributed by atoms with van der Waals surface area (Å²) in [5.41, 5.74) is 8.42. The van der Waals surface area contributed by atoms with Gasteiger partial charge in [0, 0.05) is 19.4 Å². The highest BCUT2D eigenvalue weighted by Crippen LogP contribution is 2.08. The monoisotopic (exact) mass is 425 g/mol. The Morgan fingerprint density at radius 3 is 2.42 bits per heavy atom. The van der Waals surface area contributed by atoms with E-state index in [-0.39, 0.29) is 12.5 Å². The van der Waals surface area contributed by atoms with E-state index in [1.165, 1.54) is 0 Å². The van der Waals surface area contributed by atoms with E-state index in [4.69, 9.17) is 10.5 Å². The first-order chi connectivity index (χ1) is 14.9. The van der Waals surface area contributed by atoms with Crippen molar-refractivity contribution in [3.8, 4) is 0 Å². The van der Waals surface area contributed by atoms with Crippen LogP contribution < -0.4 is 16.4 Å². The molecule has 2 aromatic carbocycles. The number of benzene rings is 2. The van der Waals surface area contributed by atoms with Crippen LogP contribution in [0.15, 0.2) is 54.6 Å². The normalized spacial score (nSPS) is 11.4. The lowest BCUT2D eigenvalue weighted by molar-refractivity contribution is -0.127. The zero-order chi connectivity index (χ0) is 22.5. The average Bonchev–Trinajstić information content (AvgIpc) is 2.75. The summed E-state index contributed by atoms with van der Waals surface area (Å²) in [6.07, 6.45) is 2.37. The van der Waals surface area contributed by atoms with Crippen LogP contribution in [0, 0.1) is 6.92 Å². The van der Waals surface area contributed by atoms with E-state index in [1.807, 2.05) is 61.5 Å². The number of rotatable bonds is 12. The molecule has 166 valence electrons. The van der Waals surface area contributed by atoms with Crippen molar-refractivity contribution < 1.29 is 19.1 Å². The van der Waals surface area contributed by atoms with Gasteiger partial charge in [0.15, 0.2) is 0 Å². The second-order valence-electron chi connectivity index (χ2n) is 7.51. The van der Waals surface area contributed by atoms with Crippen LogP contribution in [-0.4, -0.2) is 30.5 Å². The lowest BCUT2D eigenvalue weighted by atomic mass is 10.0. The van der Waals surface area contributed by atoms with Crippen LogP contribution in [0.5, 0.6) is 0 Å². The van der Waals surface area contributed by atoms with Crippen molar-refractivity contribution in [1.82, 2.24) is 10.6 Å². The molecule has 3 amide bonds. The zero-order valence-electron chi connectivity index (χ0n) is 17.9. The van der Waals surface area contributed by atoms with Crippen LogP contribution in [0.3, 0.4) is 0 Å². The molecule has 0 fully saturated rings. The molecule has 0 saturated heterocycles. The van der Waals surface area contributed by atoms with Gasteiger partial charge in [-0.15, -0.1) is 0 Å². The molecule has 2 rings (SSSR count). The van der Waals surface area contributed by atoms with Gasteiger partial charge in [0.2, 0.25) is 11.8 Å². The summed E-state index contributed by atoms with van der Waals surface area (Å²) in [6.45, 7) is 2.68. The molecule has 0 aromatic heterocycles. The van der Waals surface area contributed by atoms with E-state index in [9.17, 15) is 14.4 Å². The fourth-order valence-corrected chi connectivity index (χ4v) is 3.12. The largest absolute Gasteiger partial charge is 0.445 e. The first kappa shape index (κ1) is 23.9. The predicted octanol–water partition coefficient (Wildman–Crippen LogP) is 2.99. The number of unbranched alkanes of at least 4 members (excludes halogenated alkanes) is 2. The maximum atomic E-state index is 12.2. The summed E-state index contributed by atoms with van der Waals surface area (Å²) in [5.74, 6) is -0.750. The topological polar surface area (TPSA) is 111 Å². The zero-order valence-corrected chi connectivity index (χ0v) is 17.9. The highest BCUT2D eigenvalue weighted by atomic mass is 16.5. The summed E-state index contributed by atoms with van der Waals surface area (Å²) in [7, 11) is 0. The number of primary amides is 1. The molecule has 0 aliphatic rings. The van der Waals surface area contributed by atoms with Crippen molar-refractivity contribution >= 4 is 17.9 Å². The molecule has 2 aromatic rings. The number of ether oxygens (including phenoxy) is 1. The number of hydrogen-bond acceptors (Lipinski definition) is 4. The Hall–Kier alpha value is -3.35. The Morgan fingerprint density at radius 1 is 0.968 bits per heavy atom. The molecule has 0 bridgehead atoms. The van der Waals surface area contributed by atoms with E-state index in [2.05, 4.69) is 10.6 Å². The molecule has 0 heterocycles. The first-order valence-electron chi connectivity index (χ1n) is 10.5. The summed E-state index contributed by atoms with van der Waals surface area (Å²) in [4.78, 5) is 35.5. The Balaban J connectivity index is 1.58. The van der Waals surface area contributed by atoms with Gasteiger partial charge in [-0.05, 0) is 30.9 Å². The van der Waals surface area contributed by atoms with E-state index in [1.54, 1.807) is 0 Å². The van der Waals surface area contributed by atoms with Gasteiger partial charge in [-0.2, -0.15) is 0 Å². The number of nitrogens with two attached hydrogens (primary N) is 1. The van der Waals surface area contributed by atoms with Gasteiger partial charge in [-0.25, -0.2) is 4.79 Å². The standard InChI is InChI=1S/C24H31N3O4/c1-18-9-8-12-20(15-18)16-21(23(25)29)27-22(28)13-6-3-7-14-26-24(30)31-17-19-10-4-2-5-11-19/h2,4-5,8-12,15,21H,3,6-7,13-14,16-17H2,1H3,(H2,25,29)(H,26,30)(H,27,28)/t21-/m1/s1. The molecule has 4 N–H and O–H groups in total. The van der Waals surface area contributed by atoms with E-state index in [0.717, 1.165) is 29.5 Å². The predicted molar refractivity (Wildman–Crippen MR) is 119 cm³/mol. The number of carbonyl (C=O) groups is 3. The minimum absolute atomic E-state index is 0.202. The fourth-order valence-electron chi connectivity index (χ4n) is 3.12.